The first-order valence-corrected chi connectivity index (χ1v) is 5.04. The number of amides is 1. The summed E-state index contributed by atoms with van der Waals surface area (Å²) in [5, 5.41) is 8.82. The van der Waals surface area contributed by atoms with Gasteiger partial charge in [-0.05, 0) is 13.8 Å². The van der Waals surface area contributed by atoms with Crippen LogP contribution >= 0.6 is 0 Å². The lowest BCUT2D eigenvalue weighted by Gasteiger charge is -2.25. The summed E-state index contributed by atoms with van der Waals surface area (Å²) in [4.78, 5) is 15.0. The highest BCUT2D eigenvalue weighted by Gasteiger charge is 2.11. The van der Waals surface area contributed by atoms with Gasteiger partial charge in [-0.25, -0.2) is 0 Å². The van der Waals surface area contributed by atoms with Crippen LogP contribution in [-0.4, -0.2) is 60.6 Å². The molecule has 14 heavy (non-hydrogen) atoms. The maximum atomic E-state index is 11.3. The number of hydrogen-bond donors (Lipinski definition) is 1. The summed E-state index contributed by atoms with van der Waals surface area (Å²) in [5.41, 5.74) is 0. The number of hydrogen-bond acceptors (Lipinski definition) is 3. The van der Waals surface area contributed by atoms with Crippen molar-refractivity contribution in [3.05, 3.63) is 0 Å². The monoisotopic (exact) mass is 202 g/mol. The van der Waals surface area contributed by atoms with Crippen LogP contribution in [-0.2, 0) is 4.79 Å². The Kier molecular flexibility index (Phi) is 6.49. The molecule has 4 nitrogen and oxygen atoms in total. The molecule has 0 aliphatic heterocycles. The Labute approximate surface area is 86.5 Å². The fraction of sp³-hybridized carbons (Fsp3) is 0.900. The lowest BCUT2D eigenvalue weighted by atomic mass is 10.2. The van der Waals surface area contributed by atoms with E-state index in [1.54, 1.807) is 19.0 Å². The summed E-state index contributed by atoms with van der Waals surface area (Å²) >= 11 is 0. The van der Waals surface area contributed by atoms with Crippen LogP contribution in [0.5, 0.6) is 0 Å². The molecular weight excluding hydrogens is 180 g/mol. The third-order valence-corrected chi connectivity index (χ3v) is 2.23. The molecule has 0 saturated heterocycles. The van der Waals surface area contributed by atoms with Crippen LogP contribution in [0.4, 0.5) is 0 Å². The Balaban J connectivity index is 3.87. The zero-order chi connectivity index (χ0) is 11.1. The molecule has 0 bridgehead atoms. The van der Waals surface area contributed by atoms with Gasteiger partial charge in [-0.15, -0.1) is 0 Å². The van der Waals surface area contributed by atoms with E-state index in [2.05, 4.69) is 18.7 Å². The maximum Gasteiger partial charge on any atom is 0.223 e. The molecule has 0 fully saturated rings. The molecule has 0 aromatic rings. The standard InChI is InChI=1S/C10H22N2O2/c1-9(2)12(7-8-13)6-5-10(14)11(3)4/h9,13H,5-8H2,1-4H3. The van der Waals surface area contributed by atoms with E-state index in [4.69, 9.17) is 5.11 Å². The fourth-order valence-electron chi connectivity index (χ4n) is 1.22. The number of carbonyl (C=O) groups excluding carboxylic acids is 1. The molecular formula is C10H22N2O2. The third kappa shape index (κ3) is 5.19. The summed E-state index contributed by atoms with van der Waals surface area (Å²) < 4.78 is 0. The average Bonchev–Trinajstić information content (AvgIpc) is 2.10. The molecule has 0 unspecified atom stereocenters. The van der Waals surface area contributed by atoms with Crippen molar-refractivity contribution >= 4 is 5.91 Å². The number of rotatable bonds is 6. The van der Waals surface area contributed by atoms with Crippen molar-refractivity contribution in [2.24, 2.45) is 0 Å². The van der Waals surface area contributed by atoms with Crippen LogP contribution < -0.4 is 0 Å². The molecule has 0 aromatic carbocycles. The zero-order valence-corrected chi connectivity index (χ0v) is 9.66. The minimum Gasteiger partial charge on any atom is -0.395 e. The average molecular weight is 202 g/mol. The van der Waals surface area contributed by atoms with Gasteiger partial charge in [0.25, 0.3) is 0 Å². The highest BCUT2D eigenvalue weighted by molar-refractivity contribution is 5.75. The predicted molar refractivity (Wildman–Crippen MR) is 57.1 cm³/mol. The van der Waals surface area contributed by atoms with Gasteiger partial charge in [0.05, 0.1) is 6.61 Å². The largest absolute Gasteiger partial charge is 0.395 e. The Morgan fingerprint density at radius 3 is 2.21 bits per heavy atom. The predicted octanol–water partition coefficient (Wildman–Crippen LogP) is 0.167. The number of aliphatic hydroxyl groups excluding tert-OH is 1. The number of aliphatic hydroxyl groups is 1. The lowest BCUT2D eigenvalue weighted by molar-refractivity contribution is -0.129. The van der Waals surface area contributed by atoms with E-state index in [0.29, 0.717) is 19.0 Å². The molecule has 0 aliphatic carbocycles. The molecule has 0 rings (SSSR count). The summed E-state index contributed by atoms with van der Waals surface area (Å²) in [6.45, 7) is 5.63. The minimum atomic E-state index is 0.133. The first-order valence-electron chi connectivity index (χ1n) is 5.04. The van der Waals surface area contributed by atoms with Gasteiger partial charge in [0.1, 0.15) is 0 Å². The van der Waals surface area contributed by atoms with Crippen molar-refractivity contribution in [2.45, 2.75) is 26.3 Å². The summed E-state index contributed by atoms with van der Waals surface area (Å²) in [6, 6.07) is 0.372. The van der Waals surface area contributed by atoms with Crippen molar-refractivity contribution in [3.63, 3.8) is 0 Å². The van der Waals surface area contributed by atoms with Gasteiger partial charge in [-0.1, -0.05) is 0 Å². The highest BCUT2D eigenvalue weighted by Crippen LogP contribution is 2.00. The van der Waals surface area contributed by atoms with Crippen molar-refractivity contribution in [2.75, 3.05) is 33.8 Å². The van der Waals surface area contributed by atoms with Gasteiger partial charge < -0.3 is 10.0 Å². The third-order valence-electron chi connectivity index (χ3n) is 2.23. The molecule has 0 spiro atoms. The summed E-state index contributed by atoms with van der Waals surface area (Å²) in [5.74, 6) is 0.133. The van der Waals surface area contributed by atoms with E-state index < -0.39 is 0 Å². The highest BCUT2D eigenvalue weighted by atomic mass is 16.3. The van der Waals surface area contributed by atoms with Crippen LogP contribution in [0.25, 0.3) is 0 Å². The molecule has 1 amide bonds. The molecule has 1 N–H and O–H groups in total. The molecule has 84 valence electrons. The molecule has 0 atom stereocenters. The Bertz CT molecular complexity index is 170. The van der Waals surface area contributed by atoms with E-state index in [-0.39, 0.29) is 12.5 Å². The van der Waals surface area contributed by atoms with Crippen LogP contribution in [0.2, 0.25) is 0 Å². The minimum absolute atomic E-state index is 0.133. The van der Waals surface area contributed by atoms with Crippen molar-refractivity contribution in [3.8, 4) is 0 Å². The normalized spacial score (nSPS) is 11.1. The first kappa shape index (κ1) is 13.4. The van der Waals surface area contributed by atoms with Crippen LogP contribution in [0.3, 0.4) is 0 Å². The van der Waals surface area contributed by atoms with E-state index >= 15 is 0 Å². The Morgan fingerprint density at radius 2 is 1.86 bits per heavy atom. The van der Waals surface area contributed by atoms with Crippen LogP contribution in [0, 0.1) is 0 Å². The second-order valence-corrected chi connectivity index (χ2v) is 3.89. The van der Waals surface area contributed by atoms with Crippen molar-refractivity contribution in [1.82, 2.24) is 9.80 Å². The van der Waals surface area contributed by atoms with Crippen LogP contribution in [0.15, 0.2) is 0 Å². The topological polar surface area (TPSA) is 43.8 Å². The molecule has 4 heteroatoms. The van der Waals surface area contributed by atoms with E-state index in [1.165, 1.54) is 0 Å². The summed E-state index contributed by atoms with van der Waals surface area (Å²) in [7, 11) is 3.52. The number of nitrogens with zero attached hydrogens (tertiary/aromatic N) is 2. The SMILES string of the molecule is CC(C)N(CCO)CCC(=O)N(C)C. The van der Waals surface area contributed by atoms with Gasteiger partial charge in [0, 0.05) is 39.6 Å². The lowest BCUT2D eigenvalue weighted by Crippen LogP contribution is -2.36. The zero-order valence-electron chi connectivity index (χ0n) is 9.66. The number of carbonyl (C=O) groups is 1. The Hall–Kier alpha value is -0.610. The quantitative estimate of drug-likeness (QED) is 0.667. The molecule has 0 saturated carbocycles. The maximum absolute atomic E-state index is 11.3. The summed E-state index contributed by atoms with van der Waals surface area (Å²) in [6.07, 6.45) is 0.519. The smallest absolute Gasteiger partial charge is 0.223 e. The Morgan fingerprint density at radius 1 is 1.29 bits per heavy atom. The molecule has 0 radical (unpaired) electrons. The van der Waals surface area contributed by atoms with Crippen LogP contribution in [0.1, 0.15) is 20.3 Å². The molecule has 0 heterocycles. The molecule has 0 aliphatic rings. The van der Waals surface area contributed by atoms with Gasteiger partial charge in [0.2, 0.25) is 5.91 Å². The van der Waals surface area contributed by atoms with E-state index in [0.717, 1.165) is 6.54 Å². The first-order chi connectivity index (χ1) is 6.49. The van der Waals surface area contributed by atoms with Gasteiger partial charge in [-0.3, -0.25) is 9.69 Å². The van der Waals surface area contributed by atoms with Gasteiger partial charge >= 0.3 is 0 Å². The molecule has 0 aromatic heterocycles. The van der Waals surface area contributed by atoms with Crippen molar-refractivity contribution in [1.29, 1.82) is 0 Å². The van der Waals surface area contributed by atoms with Crippen molar-refractivity contribution < 1.29 is 9.90 Å². The van der Waals surface area contributed by atoms with Gasteiger partial charge in [-0.2, -0.15) is 0 Å². The second kappa shape index (κ2) is 6.79. The van der Waals surface area contributed by atoms with E-state index in [9.17, 15) is 4.79 Å². The van der Waals surface area contributed by atoms with Gasteiger partial charge in [0.15, 0.2) is 0 Å². The van der Waals surface area contributed by atoms with E-state index in [1.807, 2.05) is 0 Å². The fourth-order valence-corrected chi connectivity index (χ4v) is 1.22. The second-order valence-electron chi connectivity index (χ2n) is 3.89.